The Kier molecular flexibility index (Phi) is 14.3. The molecule has 0 saturated heterocycles. The second-order valence-electron chi connectivity index (χ2n) is 1.72. The van der Waals surface area contributed by atoms with Gasteiger partial charge in [-0.05, 0) is 6.42 Å². The van der Waals surface area contributed by atoms with Crippen LogP contribution in [0.15, 0.2) is 0 Å². The molecule has 0 unspecified atom stereocenters. The minimum atomic E-state index is -4.64. The van der Waals surface area contributed by atoms with E-state index in [-0.39, 0.29) is 0 Å². The van der Waals surface area contributed by atoms with Gasteiger partial charge >= 0.3 is 15.6 Å². The lowest BCUT2D eigenvalue weighted by atomic mass is 10.6. The molecule has 0 saturated carbocycles. The first-order valence-electron chi connectivity index (χ1n) is 3.04. The van der Waals surface area contributed by atoms with Crippen molar-refractivity contribution in [1.82, 2.24) is 0 Å². The zero-order valence-electron chi connectivity index (χ0n) is 7.19. The first kappa shape index (κ1) is 20.0. The van der Waals surface area contributed by atoms with E-state index in [1.54, 1.807) is 0 Å². The van der Waals surface area contributed by atoms with E-state index in [1.807, 2.05) is 6.92 Å². The number of hydrogen-bond donors (Lipinski definition) is 6. The van der Waals surface area contributed by atoms with Gasteiger partial charge in [0.25, 0.3) is 0 Å². The van der Waals surface area contributed by atoms with Gasteiger partial charge in [0.1, 0.15) is 0 Å². The third-order valence-corrected chi connectivity index (χ3v) is 0.567. The predicted molar refractivity (Wildman–Crippen MR) is 49.5 cm³/mol. The Hall–Kier alpha value is 0.510. The molecule has 0 spiro atoms. The fourth-order valence-corrected chi connectivity index (χ4v) is 0. The van der Waals surface area contributed by atoms with Crippen molar-refractivity contribution < 1.29 is 38.5 Å². The van der Waals surface area contributed by atoms with Gasteiger partial charge in [0.15, 0.2) is 0 Å². The molecule has 6 N–H and O–H groups in total. The topological polar surface area (TPSA) is 156 Å². The van der Waals surface area contributed by atoms with Crippen molar-refractivity contribution in [3.63, 3.8) is 0 Å². The molecule has 0 radical (unpaired) electrons. The van der Waals surface area contributed by atoms with Crippen LogP contribution in [0.2, 0.25) is 0 Å². The van der Waals surface area contributed by atoms with Crippen LogP contribution >= 0.6 is 27.2 Å². The molecule has 0 aliphatic rings. The van der Waals surface area contributed by atoms with Crippen LogP contribution in [0.1, 0.15) is 13.3 Å². The van der Waals surface area contributed by atoms with Crippen molar-refractivity contribution in [3.8, 4) is 0 Å². The summed E-state index contributed by atoms with van der Waals surface area (Å²) in [4.78, 5) is 43.1. The third-order valence-electron chi connectivity index (χ3n) is 0.189. The van der Waals surface area contributed by atoms with E-state index >= 15 is 0 Å². The number of phosphoric acid groups is 2. The maximum atomic E-state index is 8.88. The Morgan fingerprint density at radius 1 is 0.929 bits per heavy atom. The van der Waals surface area contributed by atoms with Gasteiger partial charge in [-0.1, -0.05) is 6.92 Å². The van der Waals surface area contributed by atoms with Gasteiger partial charge in [-0.2, -0.15) is 0 Å². The van der Waals surface area contributed by atoms with Crippen molar-refractivity contribution in [2.24, 2.45) is 0 Å². The Bertz CT molecular complexity index is 156. The molecule has 14 heavy (non-hydrogen) atoms. The second kappa shape index (κ2) is 10.0. The van der Waals surface area contributed by atoms with E-state index < -0.39 is 15.6 Å². The zero-order chi connectivity index (χ0) is 12.4. The van der Waals surface area contributed by atoms with E-state index in [0.717, 1.165) is 12.3 Å². The van der Waals surface area contributed by atoms with Crippen LogP contribution < -0.4 is 0 Å². The van der Waals surface area contributed by atoms with E-state index in [9.17, 15) is 0 Å². The van der Waals surface area contributed by atoms with Crippen LogP contribution in [0.5, 0.6) is 0 Å². The van der Waals surface area contributed by atoms with Crippen LogP contribution in [0.3, 0.4) is 0 Å². The number of halogens is 1. The Balaban J connectivity index is -0.000000131. The van der Waals surface area contributed by atoms with Crippen molar-refractivity contribution in [2.45, 2.75) is 13.3 Å². The molecule has 0 aliphatic carbocycles. The quantitative estimate of drug-likeness (QED) is 0.283. The molecule has 0 aromatic carbocycles. The number of hydrogen-bond acceptors (Lipinski definition) is 2. The van der Waals surface area contributed by atoms with Crippen LogP contribution in [0, 0.1) is 0 Å². The van der Waals surface area contributed by atoms with Crippen LogP contribution in [-0.4, -0.2) is 35.2 Å². The summed E-state index contributed by atoms with van der Waals surface area (Å²) in [6.45, 7) is 2.05. The second-order valence-corrected chi connectivity index (χ2v) is 4.15. The molecule has 0 amide bonds. The lowest BCUT2D eigenvalue weighted by Crippen LogP contribution is -1.66. The molecule has 0 bridgehead atoms. The molecule has 8 nitrogen and oxygen atoms in total. The summed E-state index contributed by atoms with van der Waals surface area (Å²) in [6, 6.07) is 0. The van der Waals surface area contributed by atoms with E-state index in [4.69, 9.17) is 50.1 Å². The van der Waals surface area contributed by atoms with E-state index in [0.29, 0.717) is 0 Å². The van der Waals surface area contributed by atoms with Crippen molar-refractivity contribution >= 4 is 27.2 Å². The summed E-state index contributed by atoms with van der Waals surface area (Å²) in [5, 5.41) is 0. The average molecular weight is 275 g/mol. The molecule has 0 heterocycles. The maximum absolute atomic E-state index is 8.88. The van der Waals surface area contributed by atoms with Gasteiger partial charge in [0.2, 0.25) is 0 Å². The van der Waals surface area contributed by atoms with Crippen molar-refractivity contribution in [3.05, 3.63) is 0 Å². The van der Waals surface area contributed by atoms with E-state index in [2.05, 4.69) is 0 Å². The van der Waals surface area contributed by atoms with Gasteiger partial charge < -0.3 is 29.4 Å². The van der Waals surface area contributed by atoms with Crippen LogP contribution in [0.25, 0.3) is 0 Å². The molecule has 0 atom stereocenters. The molecule has 0 aliphatic heterocycles. The Morgan fingerprint density at radius 2 is 1.00 bits per heavy atom. The summed E-state index contributed by atoms with van der Waals surface area (Å²) in [5.41, 5.74) is 0. The molecule has 11 heteroatoms. The summed E-state index contributed by atoms with van der Waals surface area (Å²) in [7, 11) is -9.28. The van der Waals surface area contributed by atoms with Gasteiger partial charge in [-0.15, -0.1) is 11.6 Å². The molecule has 0 aromatic heterocycles. The summed E-state index contributed by atoms with van der Waals surface area (Å²) in [5.74, 6) is 0.792. The first-order chi connectivity index (χ1) is 5.91. The summed E-state index contributed by atoms with van der Waals surface area (Å²) < 4.78 is 17.8. The highest BCUT2D eigenvalue weighted by Gasteiger charge is 2.00. The Labute approximate surface area is 85.6 Å². The standard InChI is InChI=1S/C3H7Cl.2H3O4P/c1-2-3-4;2*1-5(2,3)4/h2-3H2,1H3;2*(H3,1,2,3,4). The van der Waals surface area contributed by atoms with Crippen LogP contribution in [0.4, 0.5) is 0 Å². The molecular formula is C3H13ClO8P2. The normalized spacial score (nSPS) is 10.6. The third kappa shape index (κ3) is 727. The largest absolute Gasteiger partial charge is 0.466 e. The minimum Gasteiger partial charge on any atom is -0.303 e. The lowest BCUT2D eigenvalue weighted by molar-refractivity contribution is 0.272. The minimum absolute atomic E-state index is 0.792. The van der Waals surface area contributed by atoms with E-state index in [1.165, 1.54) is 0 Å². The highest BCUT2D eigenvalue weighted by atomic mass is 35.5. The smallest absolute Gasteiger partial charge is 0.303 e. The van der Waals surface area contributed by atoms with Gasteiger partial charge in [-0.3, -0.25) is 0 Å². The van der Waals surface area contributed by atoms with Crippen LogP contribution in [-0.2, 0) is 9.13 Å². The molecule has 0 aromatic rings. The van der Waals surface area contributed by atoms with Gasteiger partial charge in [-0.25, -0.2) is 9.13 Å². The Morgan fingerprint density at radius 3 is 1.00 bits per heavy atom. The van der Waals surface area contributed by atoms with Gasteiger partial charge in [0, 0.05) is 5.88 Å². The lowest BCUT2D eigenvalue weighted by Gasteiger charge is -1.82. The summed E-state index contributed by atoms with van der Waals surface area (Å²) >= 11 is 5.19. The maximum Gasteiger partial charge on any atom is 0.466 e. The van der Waals surface area contributed by atoms with Gasteiger partial charge in [0.05, 0.1) is 0 Å². The first-order valence-corrected chi connectivity index (χ1v) is 6.70. The average Bonchev–Trinajstić information content (AvgIpc) is 1.79. The predicted octanol–water partition coefficient (Wildman–Crippen LogP) is -0.222. The van der Waals surface area contributed by atoms with Crippen molar-refractivity contribution in [2.75, 3.05) is 5.88 Å². The summed E-state index contributed by atoms with van der Waals surface area (Å²) in [6.07, 6.45) is 1.08. The number of rotatable bonds is 1. The number of alkyl halides is 1. The molecule has 0 rings (SSSR count). The molecule has 90 valence electrons. The molecule has 0 fully saturated rings. The zero-order valence-corrected chi connectivity index (χ0v) is 9.73. The highest BCUT2D eigenvalue weighted by Crippen LogP contribution is 2.26. The van der Waals surface area contributed by atoms with Crippen molar-refractivity contribution in [1.29, 1.82) is 0 Å². The fraction of sp³-hybridized carbons (Fsp3) is 1.00. The molecular weight excluding hydrogens is 261 g/mol. The fourth-order valence-electron chi connectivity index (χ4n) is 0. The SMILES string of the molecule is CCCCl.O=P(O)(O)O.O=P(O)(O)O. The highest BCUT2D eigenvalue weighted by molar-refractivity contribution is 7.45. The monoisotopic (exact) mass is 274 g/mol.